The van der Waals surface area contributed by atoms with E-state index in [1.807, 2.05) is 0 Å². The van der Waals surface area contributed by atoms with E-state index in [4.69, 9.17) is 5.11 Å². The molecule has 0 aromatic heterocycles. The van der Waals surface area contributed by atoms with E-state index in [9.17, 15) is 13.6 Å². The standard InChI is InChI=1S/C13H17F2NO2/c1-9(16-13(18)4-2-3-7-17)11-6-5-10(14)8-12(11)15/h5-6,8-9,17H,2-4,7H2,1H3,(H,16,18). The molecule has 0 saturated carbocycles. The molecule has 0 spiro atoms. The zero-order chi connectivity index (χ0) is 13.5. The number of carbonyl (C=O) groups excluding carboxylic acids is 1. The molecule has 18 heavy (non-hydrogen) atoms. The first-order valence-corrected chi connectivity index (χ1v) is 5.89. The van der Waals surface area contributed by atoms with Gasteiger partial charge in [-0.2, -0.15) is 0 Å². The number of amides is 1. The molecule has 0 aliphatic heterocycles. The Morgan fingerprint density at radius 1 is 1.39 bits per heavy atom. The number of hydrogen-bond donors (Lipinski definition) is 2. The van der Waals surface area contributed by atoms with Gasteiger partial charge in [0.1, 0.15) is 11.6 Å². The number of carbonyl (C=O) groups is 1. The Morgan fingerprint density at radius 3 is 2.72 bits per heavy atom. The topological polar surface area (TPSA) is 49.3 Å². The number of benzene rings is 1. The van der Waals surface area contributed by atoms with Crippen molar-refractivity contribution in [2.24, 2.45) is 0 Å². The third-order valence-corrected chi connectivity index (χ3v) is 2.62. The van der Waals surface area contributed by atoms with Crippen LogP contribution in [-0.4, -0.2) is 17.6 Å². The Bertz CT molecular complexity index is 410. The molecule has 0 fully saturated rings. The highest BCUT2D eigenvalue weighted by Crippen LogP contribution is 2.17. The molecule has 1 amide bonds. The molecule has 0 bridgehead atoms. The van der Waals surface area contributed by atoms with E-state index in [1.54, 1.807) is 6.92 Å². The van der Waals surface area contributed by atoms with Gasteiger partial charge in [-0.3, -0.25) is 4.79 Å². The second-order valence-corrected chi connectivity index (χ2v) is 4.14. The average molecular weight is 257 g/mol. The fraction of sp³-hybridized carbons (Fsp3) is 0.462. The molecule has 1 aromatic rings. The molecule has 2 N–H and O–H groups in total. The third kappa shape index (κ3) is 4.41. The van der Waals surface area contributed by atoms with Crippen LogP contribution in [0, 0.1) is 11.6 Å². The Kier molecular flexibility index (Phi) is 5.71. The maximum Gasteiger partial charge on any atom is 0.220 e. The lowest BCUT2D eigenvalue weighted by molar-refractivity contribution is -0.121. The SMILES string of the molecule is CC(NC(=O)CCCCO)c1ccc(F)cc1F. The molecule has 3 nitrogen and oxygen atoms in total. The summed E-state index contributed by atoms with van der Waals surface area (Å²) in [4.78, 5) is 11.5. The van der Waals surface area contributed by atoms with Gasteiger partial charge >= 0.3 is 0 Å². The fourth-order valence-electron chi connectivity index (χ4n) is 1.64. The van der Waals surface area contributed by atoms with Crippen LogP contribution in [0.1, 0.15) is 37.8 Å². The number of halogens is 2. The Balaban J connectivity index is 2.54. The van der Waals surface area contributed by atoms with E-state index in [-0.39, 0.29) is 24.5 Å². The lowest BCUT2D eigenvalue weighted by Gasteiger charge is -2.15. The number of nitrogens with one attached hydrogen (secondary N) is 1. The van der Waals surface area contributed by atoms with Gasteiger partial charge in [0, 0.05) is 24.7 Å². The van der Waals surface area contributed by atoms with Crippen molar-refractivity contribution in [3.63, 3.8) is 0 Å². The lowest BCUT2D eigenvalue weighted by Crippen LogP contribution is -2.27. The molecule has 5 heteroatoms. The second kappa shape index (κ2) is 7.06. The van der Waals surface area contributed by atoms with Crippen LogP contribution in [0.4, 0.5) is 8.78 Å². The molecule has 1 rings (SSSR count). The van der Waals surface area contributed by atoms with Crippen LogP contribution in [0.15, 0.2) is 18.2 Å². The first kappa shape index (κ1) is 14.6. The number of hydrogen-bond acceptors (Lipinski definition) is 2. The van der Waals surface area contributed by atoms with Crippen LogP contribution in [0.25, 0.3) is 0 Å². The minimum Gasteiger partial charge on any atom is -0.396 e. The van der Waals surface area contributed by atoms with Gasteiger partial charge in [-0.1, -0.05) is 6.07 Å². The summed E-state index contributed by atoms with van der Waals surface area (Å²) in [6.45, 7) is 1.69. The molecule has 100 valence electrons. The van der Waals surface area contributed by atoms with Gasteiger partial charge in [-0.15, -0.1) is 0 Å². The highest BCUT2D eigenvalue weighted by Gasteiger charge is 2.13. The zero-order valence-electron chi connectivity index (χ0n) is 10.2. The highest BCUT2D eigenvalue weighted by molar-refractivity contribution is 5.76. The van der Waals surface area contributed by atoms with Crippen molar-refractivity contribution < 1.29 is 18.7 Å². The number of unbranched alkanes of at least 4 members (excludes halogenated alkanes) is 1. The Hall–Kier alpha value is -1.49. The van der Waals surface area contributed by atoms with Crippen molar-refractivity contribution in [3.05, 3.63) is 35.4 Å². The van der Waals surface area contributed by atoms with E-state index in [0.717, 1.165) is 12.1 Å². The normalized spacial score (nSPS) is 12.2. The Morgan fingerprint density at radius 2 is 2.11 bits per heavy atom. The molecule has 0 radical (unpaired) electrons. The van der Waals surface area contributed by atoms with Crippen molar-refractivity contribution in [2.75, 3.05) is 6.61 Å². The summed E-state index contributed by atoms with van der Waals surface area (Å²) in [6.07, 6.45) is 1.43. The van der Waals surface area contributed by atoms with Gasteiger partial charge in [0.15, 0.2) is 0 Å². The average Bonchev–Trinajstić information content (AvgIpc) is 2.28. The predicted octanol–water partition coefficient (Wildman–Crippen LogP) is 2.30. The summed E-state index contributed by atoms with van der Waals surface area (Å²) < 4.78 is 26.2. The molecule has 0 heterocycles. The smallest absolute Gasteiger partial charge is 0.220 e. The maximum absolute atomic E-state index is 13.4. The van der Waals surface area contributed by atoms with Crippen molar-refractivity contribution in [1.29, 1.82) is 0 Å². The second-order valence-electron chi connectivity index (χ2n) is 4.14. The summed E-state index contributed by atoms with van der Waals surface area (Å²) in [5.74, 6) is -1.52. The zero-order valence-corrected chi connectivity index (χ0v) is 10.2. The maximum atomic E-state index is 13.4. The van der Waals surface area contributed by atoms with Gasteiger partial charge < -0.3 is 10.4 Å². The van der Waals surface area contributed by atoms with Gasteiger partial charge in [-0.05, 0) is 25.8 Å². The van der Waals surface area contributed by atoms with Crippen LogP contribution in [0.5, 0.6) is 0 Å². The van der Waals surface area contributed by atoms with Crippen LogP contribution in [0.2, 0.25) is 0 Å². The van der Waals surface area contributed by atoms with Crippen molar-refractivity contribution in [3.8, 4) is 0 Å². The largest absolute Gasteiger partial charge is 0.396 e. The van der Waals surface area contributed by atoms with E-state index < -0.39 is 17.7 Å². The number of aliphatic hydroxyl groups excluding tert-OH is 1. The van der Waals surface area contributed by atoms with Gasteiger partial charge in [0.05, 0.1) is 6.04 Å². The van der Waals surface area contributed by atoms with Crippen LogP contribution in [0.3, 0.4) is 0 Å². The third-order valence-electron chi connectivity index (χ3n) is 2.62. The van der Waals surface area contributed by atoms with Crippen molar-refractivity contribution >= 4 is 5.91 Å². The van der Waals surface area contributed by atoms with Gasteiger partial charge in [0.2, 0.25) is 5.91 Å². The molecule has 1 unspecified atom stereocenters. The molecule has 0 saturated heterocycles. The summed E-state index contributed by atoms with van der Waals surface area (Å²) in [5, 5.41) is 11.2. The fourth-order valence-corrected chi connectivity index (χ4v) is 1.64. The quantitative estimate of drug-likeness (QED) is 0.768. The minimum absolute atomic E-state index is 0.0510. The van der Waals surface area contributed by atoms with Crippen LogP contribution < -0.4 is 5.32 Å². The van der Waals surface area contributed by atoms with E-state index >= 15 is 0 Å². The molecular formula is C13H17F2NO2. The highest BCUT2D eigenvalue weighted by atomic mass is 19.1. The van der Waals surface area contributed by atoms with Gasteiger partial charge in [-0.25, -0.2) is 8.78 Å². The van der Waals surface area contributed by atoms with Crippen molar-refractivity contribution in [2.45, 2.75) is 32.2 Å². The summed E-state index contributed by atoms with van der Waals surface area (Å²) in [7, 11) is 0. The first-order valence-electron chi connectivity index (χ1n) is 5.89. The summed E-state index contributed by atoms with van der Waals surface area (Å²) in [6, 6.07) is 2.77. The lowest BCUT2D eigenvalue weighted by atomic mass is 10.1. The molecule has 0 aliphatic rings. The minimum atomic E-state index is -0.668. The van der Waals surface area contributed by atoms with Crippen molar-refractivity contribution in [1.82, 2.24) is 5.32 Å². The number of rotatable bonds is 6. The monoisotopic (exact) mass is 257 g/mol. The predicted molar refractivity (Wildman–Crippen MR) is 63.9 cm³/mol. The number of aliphatic hydroxyl groups is 1. The van der Waals surface area contributed by atoms with Gasteiger partial charge in [0.25, 0.3) is 0 Å². The molecular weight excluding hydrogens is 240 g/mol. The summed E-state index contributed by atoms with van der Waals surface area (Å²) in [5.41, 5.74) is 0.256. The first-order chi connectivity index (χ1) is 8.54. The molecule has 0 aliphatic carbocycles. The summed E-state index contributed by atoms with van der Waals surface area (Å²) >= 11 is 0. The van der Waals surface area contributed by atoms with E-state index in [1.165, 1.54) is 6.07 Å². The van der Waals surface area contributed by atoms with E-state index in [0.29, 0.717) is 12.8 Å². The van der Waals surface area contributed by atoms with Crippen LogP contribution in [-0.2, 0) is 4.79 Å². The van der Waals surface area contributed by atoms with Crippen LogP contribution >= 0.6 is 0 Å². The Labute approximate surface area is 105 Å². The molecule has 1 aromatic carbocycles. The molecule has 1 atom stereocenters. The van der Waals surface area contributed by atoms with E-state index in [2.05, 4.69) is 5.32 Å².